The van der Waals surface area contributed by atoms with E-state index in [0.717, 1.165) is 39.5 Å². The van der Waals surface area contributed by atoms with E-state index >= 15 is 0 Å². The minimum atomic E-state index is 0.0206. The fraction of sp³-hybridized carbons (Fsp3) is 0.190. The molecule has 6 nitrogen and oxygen atoms in total. The highest BCUT2D eigenvalue weighted by atomic mass is 16.2. The third kappa shape index (κ3) is 3.10. The third-order valence-electron chi connectivity index (χ3n) is 4.53. The Hall–Kier alpha value is -3.41. The van der Waals surface area contributed by atoms with Gasteiger partial charge in [0.1, 0.15) is 11.6 Å². The zero-order valence-electron chi connectivity index (χ0n) is 15.5. The van der Waals surface area contributed by atoms with Crippen LogP contribution in [-0.2, 0) is 4.79 Å². The Morgan fingerprint density at radius 2 is 1.81 bits per heavy atom. The number of aromatic amines is 2. The van der Waals surface area contributed by atoms with E-state index in [4.69, 9.17) is 4.98 Å². The summed E-state index contributed by atoms with van der Waals surface area (Å²) < 4.78 is 0. The molecular formula is C21H21N5O. The van der Waals surface area contributed by atoms with Crippen LogP contribution in [0.25, 0.3) is 33.8 Å². The molecule has 136 valence electrons. The summed E-state index contributed by atoms with van der Waals surface area (Å²) in [6, 6.07) is 13.9. The Bertz CT molecular complexity index is 1090. The monoisotopic (exact) mass is 359 g/mol. The van der Waals surface area contributed by atoms with Crippen LogP contribution in [0.5, 0.6) is 0 Å². The summed E-state index contributed by atoms with van der Waals surface area (Å²) in [5.74, 6) is 1.59. The number of amides is 1. The highest BCUT2D eigenvalue weighted by Gasteiger charge is 2.17. The number of hydrogen-bond donors (Lipinski definition) is 2. The SMILES string of the molecule is CC(=O)N(c1ccc2nc(-c3ccccc3-c3ncc[nH]3)[nH]c2c1)C(C)C. The number of rotatable bonds is 4. The van der Waals surface area contributed by atoms with Crippen LogP contribution in [0, 0.1) is 0 Å². The van der Waals surface area contributed by atoms with Crippen molar-refractivity contribution < 1.29 is 4.79 Å². The van der Waals surface area contributed by atoms with E-state index in [1.54, 1.807) is 24.2 Å². The summed E-state index contributed by atoms with van der Waals surface area (Å²) in [4.78, 5) is 29.4. The molecule has 0 spiro atoms. The average Bonchev–Trinajstić information content (AvgIpc) is 3.30. The van der Waals surface area contributed by atoms with Gasteiger partial charge in [-0.05, 0) is 32.0 Å². The molecule has 0 aliphatic heterocycles. The van der Waals surface area contributed by atoms with E-state index in [9.17, 15) is 4.79 Å². The first-order chi connectivity index (χ1) is 13.0. The number of carbonyl (C=O) groups excluding carboxylic acids is 1. The summed E-state index contributed by atoms with van der Waals surface area (Å²) in [7, 11) is 0. The lowest BCUT2D eigenvalue weighted by atomic mass is 10.1. The topological polar surface area (TPSA) is 77.7 Å². The second-order valence-corrected chi connectivity index (χ2v) is 6.75. The Morgan fingerprint density at radius 1 is 1.07 bits per heavy atom. The van der Waals surface area contributed by atoms with Crippen LogP contribution >= 0.6 is 0 Å². The minimum absolute atomic E-state index is 0.0206. The van der Waals surface area contributed by atoms with Gasteiger partial charge < -0.3 is 14.9 Å². The number of aromatic nitrogens is 4. The number of imidazole rings is 2. The van der Waals surface area contributed by atoms with Gasteiger partial charge in [-0.2, -0.15) is 0 Å². The van der Waals surface area contributed by atoms with E-state index in [2.05, 4.69) is 15.0 Å². The quantitative estimate of drug-likeness (QED) is 0.567. The number of fused-ring (bicyclic) bond motifs is 1. The molecule has 0 saturated carbocycles. The van der Waals surface area contributed by atoms with Crippen LogP contribution in [-0.4, -0.2) is 31.9 Å². The van der Waals surface area contributed by atoms with Gasteiger partial charge in [-0.1, -0.05) is 24.3 Å². The predicted molar refractivity (Wildman–Crippen MR) is 107 cm³/mol. The van der Waals surface area contributed by atoms with E-state index in [1.165, 1.54) is 0 Å². The summed E-state index contributed by atoms with van der Waals surface area (Å²) in [5.41, 5.74) is 4.56. The zero-order valence-corrected chi connectivity index (χ0v) is 15.5. The predicted octanol–water partition coefficient (Wildman–Crippen LogP) is 4.38. The normalized spacial score (nSPS) is 11.3. The fourth-order valence-electron chi connectivity index (χ4n) is 3.43. The molecule has 4 rings (SSSR count). The Kier molecular flexibility index (Phi) is 4.24. The first kappa shape index (κ1) is 17.0. The van der Waals surface area contributed by atoms with Crippen LogP contribution < -0.4 is 4.90 Å². The summed E-state index contributed by atoms with van der Waals surface area (Å²) >= 11 is 0. The number of benzene rings is 2. The number of anilines is 1. The Morgan fingerprint density at radius 3 is 2.44 bits per heavy atom. The van der Waals surface area contributed by atoms with E-state index in [0.29, 0.717) is 0 Å². The molecule has 0 saturated heterocycles. The number of H-pyrrole nitrogens is 2. The number of nitrogens with zero attached hydrogens (tertiary/aromatic N) is 3. The van der Waals surface area contributed by atoms with Crippen molar-refractivity contribution in [3.63, 3.8) is 0 Å². The Balaban J connectivity index is 1.81. The van der Waals surface area contributed by atoms with Crippen LogP contribution in [0.1, 0.15) is 20.8 Å². The molecule has 2 heterocycles. The molecule has 4 aromatic rings. The lowest BCUT2D eigenvalue weighted by molar-refractivity contribution is -0.116. The van der Waals surface area contributed by atoms with Crippen molar-refractivity contribution in [2.24, 2.45) is 0 Å². The lowest BCUT2D eigenvalue weighted by Crippen LogP contribution is -2.34. The van der Waals surface area contributed by atoms with Gasteiger partial charge >= 0.3 is 0 Å². The van der Waals surface area contributed by atoms with Gasteiger partial charge in [0.25, 0.3) is 0 Å². The number of hydrogen-bond acceptors (Lipinski definition) is 3. The van der Waals surface area contributed by atoms with E-state index in [1.807, 2.05) is 56.3 Å². The van der Waals surface area contributed by atoms with Crippen molar-refractivity contribution in [2.45, 2.75) is 26.8 Å². The third-order valence-corrected chi connectivity index (χ3v) is 4.53. The van der Waals surface area contributed by atoms with Gasteiger partial charge in [-0.3, -0.25) is 4.79 Å². The molecule has 0 atom stereocenters. The standard InChI is InChI=1S/C21H21N5O/c1-13(2)26(14(3)27)15-8-9-18-19(12-15)25-21(24-18)17-7-5-4-6-16(17)20-22-10-11-23-20/h4-13H,1-3H3,(H,22,23)(H,24,25). The van der Waals surface area contributed by atoms with Crippen molar-refractivity contribution in [1.29, 1.82) is 0 Å². The molecule has 27 heavy (non-hydrogen) atoms. The fourth-order valence-corrected chi connectivity index (χ4v) is 3.43. The van der Waals surface area contributed by atoms with Crippen molar-refractivity contribution >= 4 is 22.6 Å². The lowest BCUT2D eigenvalue weighted by Gasteiger charge is -2.25. The van der Waals surface area contributed by atoms with Crippen LogP contribution in [0.4, 0.5) is 5.69 Å². The molecule has 2 N–H and O–H groups in total. The van der Waals surface area contributed by atoms with E-state index < -0.39 is 0 Å². The second-order valence-electron chi connectivity index (χ2n) is 6.75. The van der Waals surface area contributed by atoms with Crippen molar-refractivity contribution in [3.05, 3.63) is 54.9 Å². The largest absolute Gasteiger partial charge is 0.345 e. The minimum Gasteiger partial charge on any atom is -0.345 e. The van der Waals surface area contributed by atoms with Gasteiger partial charge in [-0.15, -0.1) is 0 Å². The molecule has 2 aromatic heterocycles. The molecule has 0 unspecified atom stereocenters. The maximum Gasteiger partial charge on any atom is 0.224 e. The molecule has 0 fully saturated rings. The van der Waals surface area contributed by atoms with Crippen LogP contribution in [0.15, 0.2) is 54.9 Å². The summed E-state index contributed by atoms with van der Waals surface area (Å²) in [6.45, 7) is 5.59. The molecular weight excluding hydrogens is 338 g/mol. The zero-order chi connectivity index (χ0) is 19.0. The molecule has 6 heteroatoms. The molecule has 2 aromatic carbocycles. The smallest absolute Gasteiger partial charge is 0.224 e. The maximum absolute atomic E-state index is 12.0. The summed E-state index contributed by atoms with van der Waals surface area (Å²) in [6.07, 6.45) is 3.54. The van der Waals surface area contributed by atoms with Crippen LogP contribution in [0.2, 0.25) is 0 Å². The second kappa shape index (κ2) is 6.72. The van der Waals surface area contributed by atoms with Gasteiger partial charge in [0.2, 0.25) is 5.91 Å². The first-order valence-electron chi connectivity index (χ1n) is 8.93. The molecule has 0 radical (unpaired) electrons. The van der Waals surface area contributed by atoms with Gasteiger partial charge in [0.15, 0.2) is 0 Å². The van der Waals surface area contributed by atoms with Crippen molar-refractivity contribution in [2.75, 3.05) is 4.90 Å². The molecule has 0 aliphatic rings. The number of nitrogens with one attached hydrogen (secondary N) is 2. The number of carbonyl (C=O) groups is 1. The van der Waals surface area contributed by atoms with Crippen molar-refractivity contribution in [1.82, 2.24) is 19.9 Å². The van der Waals surface area contributed by atoms with Gasteiger partial charge in [0.05, 0.1) is 11.0 Å². The Labute approximate surface area is 157 Å². The van der Waals surface area contributed by atoms with E-state index in [-0.39, 0.29) is 11.9 Å². The van der Waals surface area contributed by atoms with Crippen LogP contribution in [0.3, 0.4) is 0 Å². The molecule has 1 amide bonds. The molecule has 0 bridgehead atoms. The van der Waals surface area contributed by atoms with Crippen molar-refractivity contribution in [3.8, 4) is 22.8 Å². The van der Waals surface area contributed by atoms with Gasteiger partial charge in [-0.25, -0.2) is 9.97 Å². The first-order valence-corrected chi connectivity index (χ1v) is 8.93. The highest BCUT2D eigenvalue weighted by Crippen LogP contribution is 2.31. The average molecular weight is 359 g/mol. The van der Waals surface area contributed by atoms with Gasteiger partial charge in [0, 0.05) is 42.2 Å². The summed E-state index contributed by atoms with van der Waals surface area (Å²) in [5, 5.41) is 0. The maximum atomic E-state index is 12.0. The molecule has 0 aliphatic carbocycles. The highest BCUT2D eigenvalue weighted by molar-refractivity contribution is 5.95.